The molecule has 3 rings (SSSR count). The van der Waals surface area contributed by atoms with Crippen LogP contribution in [0.4, 0.5) is 0 Å². The Hall–Kier alpha value is -2.60. The van der Waals surface area contributed by atoms with Gasteiger partial charge in [0.05, 0.1) is 6.33 Å². The van der Waals surface area contributed by atoms with Crippen LogP contribution in [0.25, 0.3) is 5.69 Å². The van der Waals surface area contributed by atoms with Gasteiger partial charge in [-0.2, -0.15) is 0 Å². The first-order chi connectivity index (χ1) is 11.7. The minimum absolute atomic E-state index is 0.00521. The summed E-state index contributed by atoms with van der Waals surface area (Å²) in [6.45, 7) is 0.460. The minimum Gasteiger partial charge on any atom is -0.484 e. The molecule has 0 spiro atoms. The van der Waals surface area contributed by atoms with Gasteiger partial charge in [0.25, 0.3) is 5.91 Å². The number of halogens is 1. The number of nitrogens with zero attached hydrogens (tertiary/aromatic N) is 2. The number of carbonyl (C=O) groups is 1. The summed E-state index contributed by atoms with van der Waals surface area (Å²) < 4.78 is 8.33. The van der Waals surface area contributed by atoms with Crippen molar-refractivity contribution in [3.63, 3.8) is 0 Å². The minimum atomic E-state index is -0.156. The average Bonchev–Trinajstić information content (AvgIpc) is 3.14. The number of nitrogens with one attached hydrogen (secondary N) is 1. The molecule has 0 aliphatic carbocycles. The highest BCUT2D eigenvalue weighted by molar-refractivity contribution is 9.10. The van der Waals surface area contributed by atoms with E-state index in [0.29, 0.717) is 12.3 Å². The van der Waals surface area contributed by atoms with E-state index in [1.54, 1.807) is 12.5 Å². The number of amides is 1. The molecule has 0 fully saturated rings. The number of rotatable bonds is 6. The second-order valence-electron chi connectivity index (χ2n) is 5.16. The lowest BCUT2D eigenvalue weighted by molar-refractivity contribution is -0.123. The van der Waals surface area contributed by atoms with Gasteiger partial charge in [0.2, 0.25) is 0 Å². The molecule has 3 aromatic rings. The lowest BCUT2D eigenvalue weighted by Crippen LogP contribution is -2.28. The fourth-order valence-corrected chi connectivity index (χ4v) is 2.39. The summed E-state index contributed by atoms with van der Waals surface area (Å²) in [5, 5.41) is 2.84. The van der Waals surface area contributed by atoms with E-state index >= 15 is 0 Å². The molecule has 0 atom stereocenters. The third kappa shape index (κ3) is 4.45. The lowest BCUT2D eigenvalue weighted by atomic mass is 10.2. The quantitative estimate of drug-likeness (QED) is 0.707. The molecule has 0 unspecified atom stereocenters. The van der Waals surface area contributed by atoms with Crippen molar-refractivity contribution in [2.75, 3.05) is 6.61 Å². The molecule has 0 radical (unpaired) electrons. The maximum Gasteiger partial charge on any atom is 0.258 e. The first-order valence-electron chi connectivity index (χ1n) is 7.43. The van der Waals surface area contributed by atoms with Crippen molar-refractivity contribution in [2.45, 2.75) is 6.54 Å². The molecule has 1 heterocycles. The maximum atomic E-state index is 11.9. The number of carbonyl (C=O) groups excluding carboxylic acids is 1. The average molecular weight is 386 g/mol. The van der Waals surface area contributed by atoms with Crippen LogP contribution in [-0.4, -0.2) is 22.1 Å². The maximum absolute atomic E-state index is 11.9. The molecule has 1 amide bonds. The van der Waals surface area contributed by atoms with Crippen LogP contribution in [0.2, 0.25) is 0 Å². The Balaban J connectivity index is 1.46. The van der Waals surface area contributed by atoms with Crippen LogP contribution in [0.15, 0.2) is 71.7 Å². The van der Waals surface area contributed by atoms with Gasteiger partial charge < -0.3 is 14.6 Å². The topological polar surface area (TPSA) is 56.1 Å². The molecular weight excluding hydrogens is 370 g/mol. The van der Waals surface area contributed by atoms with Crippen molar-refractivity contribution < 1.29 is 9.53 Å². The van der Waals surface area contributed by atoms with E-state index in [1.165, 1.54) is 0 Å². The fourth-order valence-electron chi connectivity index (χ4n) is 2.13. The number of benzene rings is 2. The van der Waals surface area contributed by atoms with Gasteiger partial charge in [0.15, 0.2) is 6.61 Å². The monoisotopic (exact) mass is 385 g/mol. The van der Waals surface area contributed by atoms with Crippen molar-refractivity contribution in [3.05, 3.63) is 77.3 Å². The van der Waals surface area contributed by atoms with Crippen LogP contribution in [-0.2, 0) is 11.3 Å². The van der Waals surface area contributed by atoms with Gasteiger partial charge >= 0.3 is 0 Å². The van der Waals surface area contributed by atoms with Gasteiger partial charge in [-0.1, -0.05) is 28.1 Å². The third-order valence-corrected chi connectivity index (χ3v) is 3.94. The Bertz CT molecular complexity index is 784. The van der Waals surface area contributed by atoms with E-state index in [-0.39, 0.29) is 12.5 Å². The SMILES string of the molecule is O=C(COc1ccc(Br)cc1)NCc1ccc(-n2ccnc2)cc1. The molecule has 122 valence electrons. The number of hydrogen-bond acceptors (Lipinski definition) is 3. The highest BCUT2D eigenvalue weighted by Gasteiger charge is 2.03. The zero-order valence-electron chi connectivity index (χ0n) is 12.9. The van der Waals surface area contributed by atoms with Crippen LogP contribution < -0.4 is 10.1 Å². The van der Waals surface area contributed by atoms with Crippen molar-refractivity contribution >= 4 is 21.8 Å². The van der Waals surface area contributed by atoms with Crippen molar-refractivity contribution in [1.82, 2.24) is 14.9 Å². The molecule has 0 aliphatic heterocycles. The Morgan fingerprint density at radius 3 is 2.54 bits per heavy atom. The highest BCUT2D eigenvalue weighted by Crippen LogP contribution is 2.15. The molecule has 6 heteroatoms. The van der Waals surface area contributed by atoms with E-state index in [4.69, 9.17) is 4.74 Å². The first-order valence-corrected chi connectivity index (χ1v) is 8.22. The Labute approximate surface area is 148 Å². The van der Waals surface area contributed by atoms with Gasteiger partial charge in [-0.15, -0.1) is 0 Å². The van der Waals surface area contributed by atoms with Crippen LogP contribution in [0, 0.1) is 0 Å². The summed E-state index contributed by atoms with van der Waals surface area (Å²) in [5.74, 6) is 0.509. The molecule has 24 heavy (non-hydrogen) atoms. The van der Waals surface area contributed by atoms with Crippen molar-refractivity contribution in [3.8, 4) is 11.4 Å². The smallest absolute Gasteiger partial charge is 0.258 e. The molecule has 0 bridgehead atoms. The molecular formula is C18H16BrN3O2. The fraction of sp³-hybridized carbons (Fsp3) is 0.111. The summed E-state index contributed by atoms with van der Waals surface area (Å²) in [5.41, 5.74) is 2.05. The van der Waals surface area contributed by atoms with Gasteiger partial charge in [-0.25, -0.2) is 4.98 Å². The number of imidazole rings is 1. The zero-order chi connectivity index (χ0) is 16.8. The van der Waals surface area contributed by atoms with E-state index < -0.39 is 0 Å². The molecule has 0 saturated heterocycles. The van der Waals surface area contributed by atoms with Gasteiger partial charge in [-0.05, 0) is 42.0 Å². The Morgan fingerprint density at radius 2 is 1.88 bits per heavy atom. The van der Waals surface area contributed by atoms with Crippen molar-refractivity contribution in [2.24, 2.45) is 0 Å². The summed E-state index contributed by atoms with van der Waals surface area (Å²) in [7, 11) is 0. The predicted molar refractivity (Wildman–Crippen MR) is 95.0 cm³/mol. The number of ether oxygens (including phenoxy) is 1. The number of hydrogen-bond donors (Lipinski definition) is 1. The summed E-state index contributed by atoms with van der Waals surface area (Å²) in [6.07, 6.45) is 5.37. The Morgan fingerprint density at radius 1 is 1.12 bits per heavy atom. The molecule has 1 aromatic heterocycles. The van der Waals surface area contributed by atoms with E-state index in [9.17, 15) is 4.79 Å². The van der Waals surface area contributed by atoms with E-state index in [0.717, 1.165) is 15.7 Å². The largest absolute Gasteiger partial charge is 0.484 e. The molecule has 1 N–H and O–H groups in total. The molecule has 0 saturated carbocycles. The molecule has 2 aromatic carbocycles. The first kappa shape index (κ1) is 16.3. The molecule has 0 aliphatic rings. The van der Waals surface area contributed by atoms with Crippen LogP contribution in [0.1, 0.15) is 5.56 Å². The van der Waals surface area contributed by atoms with Gasteiger partial charge in [0, 0.05) is 29.1 Å². The lowest BCUT2D eigenvalue weighted by Gasteiger charge is -2.08. The van der Waals surface area contributed by atoms with Crippen LogP contribution in [0.5, 0.6) is 5.75 Å². The van der Waals surface area contributed by atoms with Crippen LogP contribution >= 0.6 is 15.9 Å². The molecule has 5 nitrogen and oxygen atoms in total. The highest BCUT2D eigenvalue weighted by atomic mass is 79.9. The van der Waals surface area contributed by atoms with Gasteiger partial charge in [-0.3, -0.25) is 4.79 Å². The van der Waals surface area contributed by atoms with E-state index in [2.05, 4.69) is 26.2 Å². The summed E-state index contributed by atoms with van der Waals surface area (Å²) >= 11 is 3.35. The normalized spacial score (nSPS) is 10.4. The standard InChI is InChI=1S/C18H16BrN3O2/c19-15-3-7-17(8-4-15)24-12-18(23)21-11-14-1-5-16(6-2-14)22-10-9-20-13-22/h1-10,13H,11-12H2,(H,21,23). The summed E-state index contributed by atoms with van der Waals surface area (Å²) in [4.78, 5) is 15.9. The third-order valence-electron chi connectivity index (χ3n) is 3.41. The predicted octanol–water partition coefficient (Wildman–Crippen LogP) is 3.33. The van der Waals surface area contributed by atoms with Gasteiger partial charge in [0.1, 0.15) is 5.75 Å². The number of aromatic nitrogens is 2. The second kappa shape index (κ2) is 7.79. The van der Waals surface area contributed by atoms with E-state index in [1.807, 2.05) is 59.3 Å². The zero-order valence-corrected chi connectivity index (χ0v) is 14.4. The Kier molecular flexibility index (Phi) is 5.28. The van der Waals surface area contributed by atoms with Crippen LogP contribution in [0.3, 0.4) is 0 Å². The summed E-state index contributed by atoms with van der Waals surface area (Å²) in [6, 6.07) is 15.3. The van der Waals surface area contributed by atoms with Crippen molar-refractivity contribution in [1.29, 1.82) is 0 Å². The second-order valence-corrected chi connectivity index (χ2v) is 6.07.